The number of pyridine rings is 1. The van der Waals surface area contributed by atoms with Crippen LogP contribution < -0.4 is 10.3 Å². The highest BCUT2D eigenvalue weighted by atomic mass is 32.2. The van der Waals surface area contributed by atoms with Gasteiger partial charge in [0.2, 0.25) is 5.43 Å². The lowest BCUT2D eigenvalue weighted by Gasteiger charge is -2.62. The van der Waals surface area contributed by atoms with Crippen molar-refractivity contribution in [3.8, 4) is 0 Å². The number of aryl methyl sites for hydroxylation is 1. The first-order valence-electron chi connectivity index (χ1n) is 28.8. The van der Waals surface area contributed by atoms with Crippen LogP contribution >= 0.6 is 11.8 Å². The van der Waals surface area contributed by atoms with Crippen LogP contribution in [0.5, 0.6) is 0 Å². The summed E-state index contributed by atoms with van der Waals surface area (Å²) in [5, 5.41) is 10.7. The largest absolute Gasteiger partial charge is 0.462 e. The number of nitrogens with zero attached hydrogens (tertiary/aromatic N) is 3. The lowest BCUT2D eigenvalue weighted by atomic mass is 9.44. The van der Waals surface area contributed by atoms with Crippen molar-refractivity contribution >= 4 is 52.0 Å². The third-order valence-electron chi connectivity index (χ3n) is 20.4. The van der Waals surface area contributed by atoms with Crippen LogP contribution in [0, 0.1) is 39.8 Å². The number of aromatic nitrogens is 1. The highest BCUT2D eigenvalue weighted by molar-refractivity contribution is 8.00. The third kappa shape index (κ3) is 10.5. The first-order chi connectivity index (χ1) is 35.4. The molecule has 3 aliphatic carbocycles. The molecule has 408 valence electrons. The number of carbonyl (C=O) groups excluding carboxylic acids is 4. The molecule has 0 radical (unpaired) electrons. The summed E-state index contributed by atoms with van der Waals surface area (Å²) in [4.78, 5) is 73.6. The van der Waals surface area contributed by atoms with Gasteiger partial charge in [-0.3, -0.25) is 19.2 Å². The molecular weight excluding hydrogens is 958 g/mol. The predicted octanol–water partition coefficient (Wildman–Crippen LogP) is 11.1. The number of halogens is 1. The molecule has 2 aromatic rings. The number of anilines is 1. The molecule has 12 nitrogen and oxygen atoms in total. The normalized spacial score (nSPS) is 34.0. The second kappa shape index (κ2) is 22.7. The van der Waals surface area contributed by atoms with Crippen molar-refractivity contribution in [3.05, 3.63) is 52.1 Å². The number of ether oxygens (including phenoxy) is 3. The molecule has 0 amide bonds. The molecule has 3 saturated heterocycles. The van der Waals surface area contributed by atoms with Crippen LogP contribution in [-0.4, -0.2) is 106 Å². The Morgan fingerprint density at radius 1 is 0.878 bits per heavy atom. The summed E-state index contributed by atoms with van der Waals surface area (Å²) in [6.45, 7) is 16.4. The molecule has 3 saturated carbocycles. The van der Waals surface area contributed by atoms with E-state index >= 15 is 4.39 Å². The van der Waals surface area contributed by atoms with E-state index in [1.807, 2.05) is 22.5 Å². The van der Waals surface area contributed by atoms with Gasteiger partial charge >= 0.3 is 17.9 Å². The fourth-order valence-corrected chi connectivity index (χ4v) is 16.8. The lowest BCUT2D eigenvalue weighted by Crippen LogP contribution is -2.63. The molecule has 1 aromatic carbocycles. The Labute approximate surface area is 443 Å². The Balaban J connectivity index is 0.734. The number of piperidine rings is 2. The Hall–Kier alpha value is -3.75. The van der Waals surface area contributed by atoms with Crippen LogP contribution in [-0.2, 0) is 35.0 Å². The standard InChI is InChI=1S/C60H86FN3O9S/c1-8-58(5)34-49(72-51(68)36-74-43-31-40-19-20-41(32-43)62(40)7)59(6)37(2)22-26-60(27-23-48(66)55(59)60)39(4)56(58)73-50(67)17-15-13-11-9-10-12-14-16-30-71-57(70)46-35-64-38(3)18-21-44-52(64)45(54(46)69)33-47(61)53(44)63-28-24-42(65)25-29-63/h8,33,35,37-43,49,55-56,65H,1,9-32,34,36H2,2-7H3/t37?,38?,39-,40?,41?,43?,49+,55?,56-,58+,59-,60?/m1/s1. The molecule has 74 heavy (non-hydrogen) atoms. The second-order valence-corrected chi connectivity index (χ2v) is 26.0. The van der Waals surface area contributed by atoms with Crippen LogP contribution in [0.4, 0.5) is 10.1 Å². The van der Waals surface area contributed by atoms with Crippen molar-refractivity contribution in [2.45, 2.75) is 218 Å². The van der Waals surface area contributed by atoms with Gasteiger partial charge in [-0.25, -0.2) is 9.18 Å². The number of unbranched alkanes of at least 4 members (excludes halogenated alkanes) is 7. The van der Waals surface area contributed by atoms with Crippen molar-refractivity contribution < 1.29 is 42.9 Å². The van der Waals surface area contributed by atoms with Gasteiger partial charge in [-0.05, 0) is 121 Å². The van der Waals surface area contributed by atoms with Crippen LogP contribution in [0.25, 0.3) is 10.9 Å². The maximum absolute atomic E-state index is 15.8. The van der Waals surface area contributed by atoms with Gasteiger partial charge in [0.25, 0.3) is 0 Å². The number of fused-ring (bicyclic) bond motifs is 2. The van der Waals surface area contributed by atoms with Crippen molar-refractivity contribution in [2.75, 3.05) is 37.4 Å². The second-order valence-electron chi connectivity index (χ2n) is 24.7. The summed E-state index contributed by atoms with van der Waals surface area (Å²) in [5.41, 5.74) is -0.173. The van der Waals surface area contributed by atoms with Crippen molar-refractivity contribution in [1.82, 2.24) is 9.47 Å². The lowest BCUT2D eigenvalue weighted by molar-refractivity contribution is -0.212. The van der Waals surface area contributed by atoms with Crippen molar-refractivity contribution in [2.24, 2.45) is 34.0 Å². The van der Waals surface area contributed by atoms with E-state index in [0.717, 1.165) is 82.6 Å². The number of Topliss-reactive ketones (excluding diaryl/α,β-unsaturated/α-hetero) is 1. The minimum Gasteiger partial charge on any atom is -0.462 e. The molecule has 1 aromatic heterocycles. The van der Waals surface area contributed by atoms with Crippen LogP contribution in [0.1, 0.15) is 191 Å². The Morgan fingerprint density at radius 3 is 2.24 bits per heavy atom. The Bertz CT molecular complexity index is 2480. The van der Waals surface area contributed by atoms with Gasteiger partial charge in [0.05, 0.1) is 29.7 Å². The number of thioether (sulfide) groups is 1. The molecular formula is C60H86FN3O9S. The minimum atomic E-state index is -0.681. The highest BCUT2D eigenvalue weighted by Gasteiger charge is 2.69. The molecule has 4 bridgehead atoms. The molecule has 6 unspecified atom stereocenters. The van der Waals surface area contributed by atoms with E-state index in [4.69, 9.17) is 14.2 Å². The molecule has 1 N–H and O–H groups in total. The average Bonchev–Trinajstić information content (AvgIpc) is 3.82. The zero-order valence-corrected chi connectivity index (χ0v) is 46.3. The van der Waals surface area contributed by atoms with Crippen LogP contribution in [0.15, 0.2) is 29.7 Å². The number of carbonyl (C=O) groups is 4. The SMILES string of the molecule is C=C[C@@]1(C)C[C@H](OC(=O)CSC2CC3CCC(C2)N3C)[C@@]2(C)C(C)CCC3(CCC(=O)C32)[C@H](C)[C@H]1OC(=O)CCCCCCCCCCOC(=O)c1cn2c3c(c(N4CCC(O)CC4)c(F)cc3c1=O)CCC2C. The molecule has 9 rings (SSSR count). The summed E-state index contributed by atoms with van der Waals surface area (Å²) in [6.07, 6.45) is 20.3. The molecule has 4 aliphatic heterocycles. The monoisotopic (exact) mass is 1040 g/mol. The summed E-state index contributed by atoms with van der Waals surface area (Å²) in [7, 11) is 2.24. The third-order valence-corrected chi connectivity index (χ3v) is 21.7. The zero-order valence-electron chi connectivity index (χ0n) is 45.4. The molecule has 14 heteroatoms. The topological polar surface area (TPSA) is 145 Å². The van der Waals surface area contributed by atoms with Gasteiger partial charge in [-0.2, -0.15) is 0 Å². The van der Waals surface area contributed by atoms with Crippen LogP contribution in [0.3, 0.4) is 0 Å². The van der Waals surface area contributed by atoms with E-state index in [1.165, 1.54) is 18.9 Å². The van der Waals surface area contributed by atoms with E-state index in [-0.39, 0.29) is 70.6 Å². The summed E-state index contributed by atoms with van der Waals surface area (Å²) < 4.78 is 36.7. The number of aliphatic hydroxyl groups excluding tert-OH is 1. The van der Waals surface area contributed by atoms with Gasteiger partial charge in [-0.15, -0.1) is 18.3 Å². The van der Waals surface area contributed by atoms with Crippen molar-refractivity contribution in [1.29, 1.82) is 0 Å². The van der Waals surface area contributed by atoms with E-state index < -0.39 is 40.3 Å². The molecule has 0 spiro atoms. The molecule has 5 heterocycles. The van der Waals surface area contributed by atoms with Gasteiger partial charge in [-0.1, -0.05) is 72.3 Å². The Morgan fingerprint density at radius 2 is 1.55 bits per heavy atom. The average molecular weight is 1040 g/mol. The summed E-state index contributed by atoms with van der Waals surface area (Å²) in [5.74, 6) is -1.21. The van der Waals surface area contributed by atoms with E-state index in [1.54, 1.807) is 18.0 Å². The van der Waals surface area contributed by atoms with Gasteiger partial charge in [0, 0.05) is 89.1 Å². The number of hydrogen-bond donors (Lipinski definition) is 1. The fourth-order valence-electron chi connectivity index (χ4n) is 15.7. The van der Waals surface area contributed by atoms with E-state index in [0.29, 0.717) is 98.7 Å². The minimum absolute atomic E-state index is 0.0224. The summed E-state index contributed by atoms with van der Waals surface area (Å²) >= 11 is 1.74. The quantitative estimate of drug-likeness (QED) is 0.0619. The number of rotatable bonds is 19. The van der Waals surface area contributed by atoms with E-state index in [2.05, 4.69) is 46.2 Å². The molecule has 6 fully saturated rings. The molecule has 7 aliphatic rings. The van der Waals surface area contributed by atoms with Gasteiger partial charge in [0.1, 0.15) is 29.4 Å². The van der Waals surface area contributed by atoms with Gasteiger partial charge in [0.15, 0.2) is 0 Å². The number of ketones is 1. The maximum atomic E-state index is 15.8. The number of benzene rings is 1. The number of aliphatic hydroxyl groups is 1. The number of hydrogen-bond acceptors (Lipinski definition) is 12. The van der Waals surface area contributed by atoms with Crippen molar-refractivity contribution in [3.63, 3.8) is 0 Å². The number of esters is 3. The van der Waals surface area contributed by atoms with Crippen LogP contribution in [0.2, 0.25) is 0 Å². The first-order valence-corrected chi connectivity index (χ1v) is 29.8. The van der Waals surface area contributed by atoms with Gasteiger partial charge < -0.3 is 33.7 Å². The fraction of sp³-hybridized carbons (Fsp3) is 0.750. The smallest absolute Gasteiger partial charge is 0.343 e. The Kier molecular flexibility index (Phi) is 16.9. The maximum Gasteiger partial charge on any atom is 0.343 e. The summed E-state index contributed by atoms with van der Waals surface area (Å²) in [6, 6.07) is 2.50. The predicted molar refractivity (Wildman–Crippen MR) is 289 cm³/mol. The molecule has 11 atom stereocenters. The first kappa shape index (κ1) is 55.0. The van der Waals surface area contributed by atoms with E-state index in [9.17, 15) is 29.1 Å². The zero-order chi connectivity index (χ0) is 52.7. The highest BCUT2D eigenvalue weighted by Crippen LogP contribution is 2.68.